The van der Waals surface area contributed by atoms with Crippen LogP contribution in [-0.2, 0) is 5.41 Å². The minimum atomic E-state index is -0.216. The summed E-state index contributed by atoms with van der Waals surface area (Å²) in [7, 11) is 0. The number of nitrogens with zero attached hydrogens (tertiary/aromatic N) is 4. The lowest BCUT2D eigenvalue weighted by molar-refractivity contribution is 0.662. The Bertz CT molecular complexity index is 3470. The van der Waals surface area contributed by atoms with E-state index in [1.165, 1.54) is 58.9 Å². The maximum atomic E-state index is 5.37. The van der Waals surface area contributed by atoms with E-state index in [1.807, 2.05) is 29.5 Å². The van der Waals surface area contributed by atoms with Crippen molar-refractivity contribution in [2.75, 3.05) is 0 Å². The van der Waals surface area contributed by atoms with E-state index in [9.17, 15) is 0 Å². The summed E-state index contributed by atoms with van der Waals surface area (Å²) in [6, 6.07) is 65.2. The predicted molar refractivity (Wildman–Crippen MR) is 246 cm³/mol. The second kappa shape index (κ2) is 12.9. The number of benzene rings is 8. The van der Waals surface area contributed by atoms with Gasteiger partial charge in [0.05, 0.1) is 11.0 Å². The average Bonchev–Trinajstić information content (AvgIpc) is 3.92. The first kappa shape index (κ1) is 33.9. The Morgan fingerprint density at radius 2 is 1.02 bits per heavy atom. The van der Waals surface area contributed by atoms with Crippen LogP contribution in [0.15, 0.2) is 182 Å². The first-order chi connectivity index (χ1) is 29.0. The second-order valence-corrected chi connectivity index (χ2v) is 17.0. The van der Waals surface area contributed by atoms with Gasteiger partial charge >= 0.3 is 0 Å². The molecule has 0 aliphatic heterocycles. The number of thiophene rings is 1. The van der Waals surface area contributed by atoms with Crippen LogP contribution < -0.4 is 0 Å². The minimum Gasteiger partial charge on any atom is -0.309 e. The summed E-state index contributed by atoms with van der Waals surface area (Å²) >= 11 is 1.87. The molecule has 0 spiro atoms. The molecule has 4 nitrogen and oxygen atoms in total. The largest absolute Gasteiger partial charge is 0.309 e. The maximum absolute atomic E-state index is 5.37. The number of hydrogen-bond acceptors (Lipinski definition) is 4. The summed E-state index contributed by atoms with van der Waals surface area (Å²) < 4.78 is 4.93. The van der Waals surface area contributed by atoms with Crippen molar-refractivity contribution in [2.45, 2.75) is 19.3 Å². The van der Waals surface area contributed by atoms with Crippen molar-refractivity contribution in [3.05, 3.63) is 193 Å². The molecule has 11 aromatic rings. The van der Waals surface area contributed by atoms with E-state index < -0.39 is 0 Å². The molecular formula is C54H36N4S. The van der Waals surface area contributed by atoms with Crippen LogP contribution in [0.5, 0.6) is 0 Å². The van der Waals surface area contributed by atoms with Crippen LogP contribution in [-0.4, -0.2) is 19.5 Å². The molecule has 5 heteroatoms. The zero-order valence-corrected chi connectivity index (χ0v) is 33.3. The van der Waals surface area contributed by atoms with E-state index in [0.717, 1.165) is 38.8 Å². The van der Waals surface area contributed by atoms with Crippen LogP contribution in [0, 0.1) is 0 Å². The van der Waals surface area contributed by atoms with Gasteiger partial charge < -0.3 is 4.57 Å². The van der Waals surface area contributed by atoms with Crippen molar-refractivity contribution in [1.82, 2.24) is 19.5 Å². The zero-order valence-electron chi connectivity index (χ0n) is 32.5. The van der Waals surface area contributed by atoms with Gasteiger partial charge in [0.1, 0.15) is 0 Å². The first-order valence-electron chi connectivity index (χ1n) is 20.1. The molecule has 0 amide bonds. The Kier molecular flexibility index (Phi) is 7.41. The molecule has 3 heterocycles. The molecule has 0 radical (unpaired) electrons. The van der Waals surface area contributed by atoms with Gasteiger partial charge in [-0.2, -0.15) is 0 Å². The van der Waals surface area contributed by atoms with Crippen LogP contribution in [0.1, 0.15) is 25.0 Å². The lowest BCUT2D eigenvalue weighted by Crippen LogP contribution is -2.16. The fourth-order valence-corrected chi connectivity index (χ4v) is 10.8. The quantitative estimate of drug-likeness (QED) is 0.175. The lowest BCUT2D eigenvalue weighted by Gasteiger charge is -2.25. The third-order valence-electron chi connectivity index (χ3n) is 12.2. The summed E-state index contributed by atoms with van der Waals surface area (Å²) in [5, 5.41) is 4.92. The van der Waals surface area contributed by atoms with Crippen LogP contribution in [0.2, 0.25) is 0 Å². The monoisotopic (exact) mass is 772 g/mol. The predicted octanol–water partition coefficient (Wildman–Crippen LogP) is 14.3. The minimum absolute atomic E-state index is 0.216. The van der Waals surface area contributed by atoms with Gasteiger partial charge in [-0.1, -0.05) is 141 Å². The summed E-state index contributed by atoms with van der Waals surface area (Å²) in [5.74, 6) is 1.93. The van der Waals surface area contributed by atoms with Crippen molar-refractivity contribution in [3.8, 4) is 62.1 Å². The highest BCUT2D eigenvalue weighted by Gasteiger charge is 2.38. The molecule has 0 saturated heterocycles. The SMILES string of the molecule is CC1(C)c2ccccc2-c2cc(-c3nc(-c4ccccc4)nc(-c4ccc5c(c4)c4ccccc4n5-c4ccccc4)n3)cc(-c3cccc4c3sc3ccccc34)c21. The highest BCUT2D eigenvalue weighted by molar-refractivity contribution is 7.26. The topological polar surface area (TPSA) is 43.6 Å². The standard InChI is InChI=1S/C54H36N4S/c1-54(2)45-25-12-9-20-37(45)43-31-35(32-44(49(43)54)41-24-15-23-40-39-22-11-14-27-48(39)59-50(40)41)53-56-51(33-16-5-3-6-17-33)55-52(57-53)34-28-29-47-42(30-34)38-21-10-13-26-46(38)58(47)36-18-7-4-8-19-36/h3-32H,1-2H3. The fourth-order valence-electron chi connectivity index (χ4n) is 9.54. The van der Waals surface area contributed by atoms with Crippen molar-refractivity contribution in [1.29, 1.82) is 0 Å². The number of aromatic nitrogens is 4. The summed E-state index contributed by atoms with van der Waals surface area (Å²) in [4.78, 5) is 15.9. The van der Waals surface area contributed by atoms with Gasteiger partial charge in [-0.05, 0) is 88.0 Å². The van der Waals surface area contributed by atoms with E-state index in [1.54, 1.807) is 0 Å². The van der Waals surface area contributed by atoms with Crippen molar-refractivity contribution >= 4 is 53.3 Å². The van der Waals surface area contributed by atoms with Gasteiger partial charge in [-0.3, -0.25) is 0 Å². The molecule has 0 fully saturated rings. The normalized spacial score (nSPS) is 13.1. The van der Waals surface area contributed by atoms with E-state index in [4.69, 9.17) is 15.0 Å². The number of rotatable bonds is 5. The van der Waals surface area contributed by atoms with E-state index in [0.29, 0.717) is 17.5 Å². The summed E-state index contributed by atoms with van der Waals surface area (Å²) in [5.41, 5.74) is 13.7. The molecule has 0 unspecified atom stereocenters. The van der Waals surface area contributed by atoms with Crippen molar-refractivity contribution in [2.24, 2.45) is 0 Å². The van der Waals surface area contributed by atoms with Crippen molar-refractivity contribution < 1.29 is 0 Å². The van der Waals surface area contributed by atoms with Gasteiger partial charge in [0.2, 0.25) is 0 Å². The van der Waals surface area contributed by atoms with Gasteiger partial charge in [0.15, 0.2) is 17.5 Å². The van der Waals surface area contributed by atoms with E-state index in [2.05, 4.69) is 182 Å². The molecule has 278 valence electrons. The van der Waals surface area contributed by atoms with Crippen LogP contribution in [0.25, 0.3) is 104 Å². The summed E-state index contributed by atoms with van der Waals surface area (Å²) in [6.07, 6.45) is 0. The smallest absolute Gasteiger partial charge is 0.164 e. The highest BCUT2D eigenvalue weighted by Crippen LogP contribution is 2.54. The third kappa shape index (κ3) is 5.18. The molecule has 0 N–H and O–H groups in total. The van der Waals surface area contributed by atoms with Gasteiger partial charge in [0, 0.05) is 58.7 Å². The highest BCUT2D eigenvalue weighted by atomic mass is 32.1. The molecule has 8 aromatic carbocycles. The molecule has 3 aromatic heterocycles. The fraction of sp³-hybridized carbons (Fsp3) is 0.0556. The van der Waals surface area contributed by atoms with E-state index >= 15 is 0 Å². The van der Waals surface area contributed by atoms with Crippen LogP contribution >= 0.6 is 11.3 Å². The molecule has 1 aliphatic rings. The Morgan fingerprint density at radius 1 is 0.424 bits per heavy atom. The van der Waals surface area contributed by atoms with Crippen LogP contribution in [0.4, 0.5) is 0 Å². The molecular weight excluding hydrogens is 737 g/mol. The molecule has 0 saturated carbocycles. The number of fused-ring (bicyclic) bond motifs is 9. The zero-order chi connectivity index (χ0) is 39.2. The average molecular weight is 773 g/mol. The molecule has 59 heavy (non-hydrogen) atoms. The number of para-hydroxylation sites is 2. The lowest BCUT2D eigenvalue weighted by atomic mass is 9.78. The van der Waals surface area contributed by atoms with Gasteiger partial charge in [-0.25, -0.2) is 15.0 Å². The Balaban J connectivity index is 1.12. The summed E-state index contributed by atoms with van der Waals surface area (Å²) in [6.45, 7) is 4.73. The van der Waals surface area contributed by atoms with E-state index in [-0.39, 0.29) is 5.41 Å². The molecule has 12 rings (SSSR count). The number of hydrogen-bond donors (Lipinski definition) is 0. The van der Waals surface area contributed by atoms with Gasteiger partial charge in [0.25, 0.3) is 0 Å². The maximum Gasteiger partial charge on any atom is 0.164 e. The Morgan fingerprint density at radius 3 is 1.83 bits per heavy atom. The third-order valence-corrected chi connectivity index (χ3v) is 13.4. The Labute approximate surface area is 345 Å². The molecule has 0 atom stereocenters. The van der Waals surface area contributed by atoms with Crippen molar-refractivity contribution in [3.63, 3.8) is 0 Å². The van der Waals surface area contributed by atoms with Gasteiger partial charge in [-0.15, -0.1) is 11.3 Å². The van der Waals surface area contributed by atoms with Crippen LogP contribution in [0.3, 0.4) is 0 Å². The molecule has 0 bridgehead atoms. The first-order valence-corrected chi connectivity index (χ1v) is 20.9. The second-order valence-electron chi connectivity index (χ2n) is 16.0. The Hall–Kier alpha value is -7.21. The molecule has 1 aliphatic carbocycles.